The molecule has 0 unspecified atom stereocenters. The average Bonchev–Trinajstić information content (AvgIpc) is 2.51. The van der Waals surface area contributed by atoms with Crippen molar-refractivity contribution in [1.82, 2.24) is 0 Å². The van der Waals surface area contributed by atoms with Gasteiger partial charge >= 0.3 is 21.6 Å². The second-order valence-electron chi connectivity index (χ2n) is 3.34. The van der Waals surface area contributed by atoms with Crippen molar-refractivity contribution >= 4 is 21.6 Å². The van der Waals surface area contributed by atoms with Crippen molar-refractivity contribution in [3.63, 3.8) is 0 Å². The van der Waals surface area contributed by atoms with E-state index in [0.717, 1.165) is 0 Å². The van der Waals surface area contributed by atoms with Gasteiger partial charge in [-0.15, -0.1) is 0 Å². The lowest BCUT2D eigenvalue weighted by Crippen LogP contribution is -2.31. The summed E-state index contributed by atoms with van der Waals surface area (Å²) >= 11 is 0. The van der Waals surface area contributed by atoms with Crippen molar-refractivity contribution in [1.29, 1.82) is 0 Å². The van der Waals surface area contributed by atoms with E-state index in [1.807, 2.05) is 0 Å². The number of aliphatic hydroxyl groups is 4. The third-order valence-electron chi connectivity index (χ3n) is 1.48. The van der Waals surface area contributed by atoms with Gasteiger partial charge in [-0.2, -0.15) is 0 Å². The summed E-state index contributed by atoms with van der Waals surface area (Å²) in [7, 11) is -9.28. The number of hydrogen-bond acceptors (Lipinski definition) is 8. The zero-order valence-electron chi connectivity index (χ0n) is 10.4. The fraction of sp³-hybridized carbons (Fsp3) is 0.500. The van der Waals surface area contributed by atoms with E-state index in [1.54, 1.807) is 0 Å². The molecule has 0 amide bonds. The van der Waals surface area contributed by atoms with E-state index in [-0.39, 0.29) is 0 Å². The van der Waals surface area contributed by atoms with Gasteiger partial charge in [0.25, 0.3) is 0 Å². The van der Waals surface area contributed by atoms with Crippen LogP contribution < -0.4 is 0 Å². The van der Waals surface area contributed by atoms with Gasteiger partial charge in [0.1, 0.15) is 6.10 Å². The lowest BCUT2D eigenvalue weighted by Gasteiger charge is -2.13. The predicted octanol–water partition coefficient (Wildman–Crippen LogP) is -3.26. The molecule has 0 aromatic heterocycles. The van der Waals surface area contributed by atoms with Gasteiger partial charge in [0.2, 0.25) is 5.76 Å². The molecule has 1 aliphatic heterocycles. The second-order valence-corrected chi connectivity index (χ2v) is 5.39. The normalized spacial score (nSPS) is 19.5. The maximum absolute atomic E-state index is 10.5. The maximum atomic E-state index is 10.5. The van der Waals surface area contributed by atoms with Gasteiger partial charge in [-0.25, -0.2) is 13.9 Å². The number of phosphoric acid groups is 2. The number of carbonyl (C=O) groups is 1. The molecule has 0 spiro atoms. The van der Waals surface area contributed by atoms with Crippen LogP contribution in [-0.4, -0.2) is 74.6 Å². The molecule has 10 N–H and O–H groups in total. The van der Waals surface area contributed by atoms with Gasteiger partial charge in [0.05, 0.1) is 6.61 Å². The Balaban J connectivity index is 0. The second kappa shape index (κ2) is 9.17. The van der Waals surface area contributed by atoms with Crippen LogP contribution in [0.15, 0.2) is 11.5 Å². The van der Waals surface area contributed by atoms with Crippen LogP contribution >= 0.6 is 15.6 Å². The quantitative estimate of drug-likeness (QED) is 0.168. The van der Waals surface area contributed by atoms with Crippen LogP contribution in [0, 0.1) is 0 Å². The predicted molar refractivity (Wildman–Crippen MR) is 63.8 cm³/mol. The topological polar surface area (TPSA) is 263 Å². The fourth-order valence-corrected chi connectivity index (χ4v) is 0.823. The SMILES string of the molecule is O=C1O[C@H]([C@@H](O)CO)C(O)=C1O.O=P(O)(O)O.O=P(O)(O)O. The van der Waals surface area contributed by atoms with Gasteiger partial charge in [0, 0.05) is 0 Å². The van der Waals surface area contributed by atoms with E-state index in [2.05, 4.69) is 4.74 Å². The molecule has 0 saturated carbocycles. The van der Waals surface area contributed by atoms with Gasteiger partial charge in [-0.05, 0) is 0 Å². The first-order valence-electron chi connectivity index (χ1n) is 4.76. The number of carbonyl (C=O) groups excluding carboxylic acids is 1. The van der Waals surface area contributed by atoms with Crippen molar-refractivity contribution in [3.05, 3.63) is 11.5 Å². The summed E-state index contributed by atoms with van der Waals surface area (Å²) < 4.78 is 22.1. The minimum atomic E-state index is -4.64. The van der Waals surface area contributed by atoms with Gasteiger partial charge < -0.3 is 54.5 Å². The van der Waals surface area contributed by atoms with Gasteiger partial charge in [0.15, 0.2) is 11.9 Å². The molecule has 1 rings (SSSR count). The molecule has 0 saturated heterocycles. The summed E-state index contributed by atoms with van der Waals surface area (Å²) in [5.41, 5.74) is 0. The standard InChI is InChI=1S/C6H8O6.2H3O4P/c7-1-2(8)5-3(9)4(10)6(11)12-5;2*1-5(2,3)4/h2,5,7-10H,1H2;2*(H3,1,2,3,4)/t2-,5+;;/m0../s1. The first kappa shape index (κ1) is 23.2. The highest BCUT2D eigenvalue weighted by molar-refractivity contribution is 7.45. The Bertz CT molecular complexity index is 449. The van der Waals surface area contributed by atoms with Crippen LogP contribution in [0.4, 0.5) is 0 Å². The zero-order valence-corrected chi connectivity index (χ0v) is 12.2. The van der Waals surface area contributed by atoms with E-state index in [4.69, 9.17) is 58.9 Å². The fourth-order valence-electron chi connectivity index (χ4n) is 0.823. The molecule has 14 nitrogen and oxygen atoms in total. The largest absolute Gasteiger partial charge is 0.505 e. The molecule has 0 aliphatic carbocycles. The van der Waals surface area contributed by atoms with Crippen molar-refractivity contribution < 1.29 is 68.4 Å². The number of aliphatic hydroxyl groups excluding tert-OH is 4. The van der Waals surface area contributed by atoms with Crippen molar-refractivity contribution in [3.8, 4) is 0 Å². The lowest BCUT2D eigenvalue weighted by molar-refractivity contribution is -0.147. The Labute approximate surface area is 121 Å². The molecule has 2 atom stereocenters. The molecule has 0 fully saturated rings. The van der Waals surface area contributed by atoms with Crippen LogP contribution in [0.2, 0.25) is 0 Å². The first-order chi connectivity index (χ1) is 9.57. The van der Waals surface area contributed by atoms with Crippen molar-refractivity contribution in [2.45, 2.75) is 12.2 Å². The summed E-state index contributed by atoms with van der Waals surface area (Å²) in [6.45, 7) is -0.671. The molecular weight excluding hydrogens is 358 g/mol. The molecule has 1 aliphatic rings. The number of esters is 1. The van der Waals surface area contributed by atoms with Crippen LogP contribution in [0.3, 0.4) is 0 Å². The first-order valence-corrected chi connectivity index (χ1v) is 7.89. The van der Waals surface area contributed by atoms with Crippen molar-refractivity contribution in [2.24, 2.45) is 0 Å². The molecule has 0 radical (unpaired) electrons. The monoisotopic (exact) mass is 372 g/mol. The molecule has 1 heterocycles. The molecule has 132 valence electrons. The zero-order chi connectivity index (χ0) is 18.3. The summed E-state index contributed by atoms with van der Waals surface area (Å²) in [6, 6.07) is 0. The van der Waals surface area contributed by atoms with E-state index in [0.29, 0.717) is 0 Å². The Morgan fingerprint density at radius 2 is 1.32 bits per heavy atom. The van der Waals surface area contributed by atoms with Crippen molar-refractivity contribution in [2.75, 3.05) is 6.61 Å². The highest BCUT2D eigenvalue weighted by atomic mass is 31.2. The minimum absolute atomic E-state index is 0.671. The molecule has 22 heavy (non-hydrogen) atoms. The number of rotatable bonds is 2. The number of cyclic esters (lactones) is 1. The third kappa shape index (κ3) is 13.9. The van der Waals surface area contributed by atoms with Gasteiger partial charge in [-0.3, -0.25) is 0 Å². The molecule has 0 aromatic carbocycles. The maximum Gasteiger partial charge on any atom is 0.466 e. The summed E-state index contributed by atoms with van der Waals surface area (Å²) in [5, 5.41) is 35.0. The highest BCUT2D eigenvalue weighted by Gasteiger charge is 2.38. The summed E-state index contributed by atoms with van der Waals surface area (Å²) in [5.74, 6) is -2.78. The van der Waals surface area contributed by atoms with E-state index >= 15 is 0 Å². The summed E-state index contributed by atoms with van der Waals surface area (Å²) in [6.07, 6.45) is -2.78. The smallest absolute Gasteiger partial charge is 0.466 e. The number of hydrogen-bond donors (Lipinski definition) is 10. The highest BCUT2D eigenvalue weighted by Crippen LogP contribution is 2.26. The Hall–Kier alpha value is -1.05. The lowest BCUT2D eigenvalue weighted by atomic mass is 10.2. The molecule has 0 aromatic rings. The van der Waals surface area contributed by atoms with Crippen LogP contribution in [0.1, 0.15) is 0 Å². The van der Waals surface area contributed by atoms with E-state index < -0.39 is 51.9 Å². The molecule has 16 heteroatoms. The molecular formula is C6H14O14P2. The number of ether oxygens (including phenoxy) is 1. The summed E-state index contributed by atoms with van der Waals surface area (Å²) in [4.78, 5) is 53.7. The van der Waals surface area contributed by atoms with Crippen LogP contribution in [0.5, 0.6) is 0 Å². The Morgan fingerprint density at radius 1 is 1.00 bits per heavy atom. The van der Waals surface area contributed by atoms with E-state index in [1.165, 1.54) is 0 Å². The van der Waals surface area contributed by atoms with Gasteiger partial charge in [-0.1, -0.05) is 0 Å². The Kier molecular flexibility index (Phi) is 9.68. The van der Waals surface area contributed by atoms with Crippen LogP contribution in [-0.2, 0) is 18.7 Å². The molecule has 0 bridgehead atoms. The minimum Gasteiger partial charge on any atom is -0.505 e. The Morgan fingerprint density at radius 3 is 1.50 bits per heavy atom. The third-order valence-corrected chi connectivity index (χ3v) is 1.48. The van der Waals surface area contributed by atoms with Crippen LogP contribution in [0.25, 0.3) is 0 Å². The average molecular weight is 372 g/mol. The van der Waals surface area contributed by atoms with E-state index in [9.17, 15) is 4.79 Å².